The number of halogens is 1. The number of Topliss-reactive ketones (excluding diaryl/α,β-unsaturated/α-hetero) is 1. The molecule has 0 aromatic heterocycles. The van der Waals surface area contributed by atoms with Crippen LogP contribution < -0.4 is 4.90 Å². The third-order valence-corrected chi connectivity index (χ3v) is 4.12. The Morgan fingerprint density at radius 1 is 1.33 bits per heavy atom. The lowest BCUT2D eigenvalue weighted by Gasteiger charge is -2.32. The Morgan fingerprint density at radius 3 is 2.52 bits per heavy atom. The molecule has 21 heavy (non-hydrogen) atoms. The maximum atomic E-state index is 11.7. The molecule has 0 atom stereocenters. The van der Waals surface area contributed by atoms with Gasteiger partial charge in [0.1, 0.15) is 0 Å². The molecule has 1 aliphatic heterocycles. The molecule has 1 heterocycles. The first kappa shape index (κ1) is 15.8. The number of piperidine rings is 1. The molecule has 0 saturated carbocycles. The number of ketones is 1. The normalized spacial score (nSPS) is 15.9. The summed E-state index contributed by atoms with van der Waals surface area (Å²) in [6.45, 7) is 5.34. The number of nitrogens with zero attached hydrogens (tertiary/aromatic N) is 1. The van der Waals surface area contributed by atoms with Crippen molar-refractivity contribution >= 4 is 29.0 Å². The summed E-state index contributed by atoms with van der Waals surface area (Å²) in [6.07, 6.45) is 1.57. The first-order chi connectivity index (χ1) is 10.0. The molecular weight excluding hydrogens is 290 g/mol. The largest absolute Gasteiger partial charge is 0.466 e. The van der Waals surface area contributed by atoms with Crippen molar-refractivity contribution in [2.24, 2.45) is 5.92 Å². The zero-order valence-corrected chi connectivity index (χ0v) is 13.2. The van der Waals surface area contributed by atoms with Crippen LogP contribution in [0.2, 0.25) is 5.02 Å². The molecule has 0 bridgehead atoms. The molecule has 4 nitrogen and oxygen atoms in total. The van der Waals surface area contributed by atoms with E-state index in [1.165, 1.54) is 6.92 Å². The van der Waals surface area contributed by atoms with Crippen LogP contribution in [0.1, 0.15) is 37.0 Å². The van der Waals surface area contributed by atoms with Crippen molar-refractivity contribution in [2.45, 2.75) is 26.7 Å². The summed E-state index contributed by atoms with van der Waals surface area (Å²) >= 11 is 6.14. The first-order valence-electron chi connectivity index (χ1n) is 7.25. The second-order valence-electron chi connectivity index (χ2n) is 5.23. The van der Waals surface area contributed by atoms with Crippen molar-refractivity contribution in [1.82, 2.24) is 0 Å². The molecule has 0 amide bonds. The van der Waals surface area contributed by atoms with Gasteiger partial charge in [-0.2, -0.15) is 0 Å². The lowest BCUT2D eigenvalue weighted by atomic mass is 9.96. The molecular formula is C16H20ClNO3. The minimum atomic E-state index is -0.0953. The predicted octanol–water partition coefficient (Wildman–Crippen LogP) is 3.32. The molecule has 1 aromatic rings. The number of ether oxygens (including phenoxy) is 1. The minimum absolute atomic E-state index is 0.00633. The number of anilines is 1. The molecule has 5 heteroatoms. The quantitative estimate of drug-likeness (QED) is 0.632. The molecule has 0 unspecified atom stereocenters. The van der Waals surface area contributed by atoms with Crippen LogP contribution in [0.4, 0.5) is 5.69 Å². The highest BCUT2D eigenvalue weighted by molar-refractivity contribution is 6.34. The van der Waals surface area contributed by atoms with Crippen molar-refractivity contribution in [3.8, 4) is 0 Å². The summed E-state index contributed by atoms with van der Waals surface area (Å²) in [6, 6.07) is 5.49. The highest BCUT2D eigenvalue weighted by Gasteiger charge is 2.26. The number of benzene rings is 1. The lowest BCUT2D eigenvalue weighted by molar-refractivity contribution is -0.148. The average molecular weight is 310 g/mol. The van der Waals surface area contributed by atoms with Crippen molar-refractivity contribution in [2.75, 3.05) is 24.6 Å². The third-order valence-electron chi connectivity index (χ3n) is 3.81. The van der Waals surface area contributed by atoms with Gasteiger partial charge in [0.05, 0.1) is 17.5 Å². The summed E-state index contributed by atoms with van der Waals surface area (Å²) in [5, 5.41) is 0.479. The topological polar surface area (TPSA) is 46.6 Å². The molecule has 0 spiro atoms. The van der Waals surface area contributed by atoms with Crippen molar-refractivity contribution < 1.29 is 14.3 Å². The van der Waals surface area contributed by atoms with E-state index >= 15 is 0 Å². The van der Waals surface area contributed by atoms with E-state index in [9.17, 15) is 9.59 Å². The van der Waals surface area contributed by atoms with Crippen LogP contribution in [-0.4, -0.2) is 31.4 Å². The average Bonchev–Trinajstić information content (AvgIpc) is 2.47. The maximum absolute atomic E-state index is 11.7. The molecule has 0 radical (unpaired) electrons. The van der Waals surface area contributed by atoms with Crippen LogP contribution in [0, 0.1) is 5.92 Å². The Bertz CT molecular complexity index is 536. The standard InChI is InChI=1S/C16H20ClNO3/c1-3-21-16(20)12-6-8-18(9-7-12)13-4-5-14(11(2)19)15(17)10-13/h4-5,10,12H,3,6-9H2,1-2H3. The summed E-state index contributed by atoms with van der Waals surface area (Å²) < 4.78 is 5.07. The highest BCUT2D eigenvalue weighted by atomic mass is 35.5. The lowest BCUT2D eigenvalue weighted by Crippen LogP contribution is -2.37. The summed E-state index contributed by atoms with van der Waals surface area (Å²) in [7, 11) is 0. The second kappa shape index (κ2) is 6.94. The molecule has 1 fully saturated rings. The summed E-state index contributed by atoms with van der Waals surface area (Å²) in [5.41, 5.74) is 1.54. The number of hydrogen-bond donors (Lipinski definition) is 0. The Kier molecular flexibility index (Phi) is 5.23. The molecule has 1 aliphatic rings. The number of carbonyl (C=O) groups excluding carboxylic acids is 2. The summed E-state index contributed by atoms with van der Waals surface area (Å²) in [4.78, 5) is 25.3. The van der Waals surface area contributed by atoms with Gasteiger partial charge in [-0.05, 0) is 44.9 Å². The van der Waals surface area contributed by atoms with Gasteiger partial charge in [-0.25, -0.2) is 0 Å². The van der Waals surface area contributed by atoms with E-state index in [1.54, 1.807) is 6.07 Å². The SMILES string of the molecule is CCOC(=O)C1CCN(c2ccc(C(C)=O)c(Cl)c2)CC1. The number of carbonyl (C=O) groups is 2. The van der Waals surface area contributed by atoms with E-state index in [2.05, 4.69) is 4.90 Å². The van der Waals surface area contributed by atoms with E-state index in [4.69, 9.17) is 16.3 Å². The molecule has 2 rings (SSSR count). The summed E-state index contributed by atoms with van der Waals surface area (Å²) in [5.74, 6) is -0.136. The Balaban J connectivity index is 2.01. The van der Waals surface area contributed by atoms with Crippen LogP contribution in [-0.2, 0) is 9.53 Å². The molecule has 114 valence electrons. The molecule has 1 saturated heterocycles. The van der Waals surface area contributed by atoms with E-state index in [0.29, 0.717) is 17.2 Å². The second-order valence-corrected chi connectivity index (χ2v) is 5.64. The van der Waals surface area contributed by atoms with Crippen molar-refractivity contribution in [3.63, 3.8) is 0 Å². The van der Waals surface area contributed by atoms with E-state index < -0.39 is 0 Å². The minimum Gasteiger partial charge on any atom is -0.466 e. The van der Waals surface area contributed by atoms with E-state index in [0.717, 1.165) is 31.6 Å². The third kappa shape index (κ3) is 3.76. The fourth-order valence-corrected chi connectivity index (χ4v) is 2.93. The predicted molar refractivity (Wildman–Crippen MR) is 83.0 cm³/mol. The van der Waals surface area contributed by atoms with Gasteiger partial charge in [-0.1, -0.05) is 11.6 Å². The van der Waals surface area contributed by atoms with Crippen LogP contribution in [0.15, 0.2) is 18.2 Å². The van der Waals surface area contributed by atoms with Crippen LogP contribution in [0.25, 0.3) is 0 Å². The fraction of sp³-hybridized carbons (Fsp3) is 0.500. The Hall–Kier alpha value is -1.55. The Morgan fingerprint density at radius 2 is 2.00 bits per heavy atom. The van der Waals surface area contributed by atoms with Crippen molar-refractivity contribution in [1.29, 1.82) is 0 Å². The zero-order chi connectivity index (χ0) is 15.4. The first-order valence-corrected chi connectivity index (χ1v) is 7.62. The fourth-order valence-electron chi connectivity index (χ4n) is 2.62. The maximum Gasteiger partial charge on any atom is 0.309 e. The molecule has 0 aliphatic carbocycles. The number of esters is 1. The number of hydrogen-bond acceptors (Lipinski definition) is 4. The molecule has 1 aromatic carbocycles. The van der Waals surface area contributed by atoms with Crippen LogP contribution in [0.5, 0.6) is 0 Å². The number of rotatable bonds is 4. The van der Waals surface area contributed by atoms with Gasteiger partial charge in [-0.3, -0.25) is 9.59 Å². The smallest absolute Gasteiger partial charge is 0.309 e. The van der Waals surface area contributed by atoms with Gasteiger partial charge in [0, 0.05) is 24.3 Å². The molecule has 0 N–H and O–H groups in total. The van der Waals surface area contributed by atoms with Gasteiger partial charge in [0.2, 0.25) is 0 Å². The van der Waals surface area contributed by atoms with Gasteiger partial charge in [-0.15, -0.1) is 0 Å². The van der Waals surface area contributed by atoms with Crippen LogP contribution >= 0.6 is 11.6 Å². The van der Waals surface area contributed by atoms with E-state index in [1.807, 2.05) is 19.1 Å². The van der Waals surface area contributed by atoms with Gasteiger partial charge >= 0.3 is 5.97 Å². The van der Waals surface area contributed by atoms with E-state index in [-0.39, 0.29) is 17.7 Å². The van der Waals surface area contributed by atoms with Crippen LogP contribution in [0.3, 0.4) is 0 Å². The monoisotopic (exact) mass is 309 g/mol. The van der Waals surface area contributed by atoms with Gasteiger partial charge in [0.15, 0.2) is 5.78 Å². The Labute approximate surface area is 130 Å². The highest BCUT2D eigenvalue weighted by Crippen LogP contribution is 2.28. The zero-order valence-electron chi connectivity index (χ0n) is 12.4. The van der Waals surface area contributed by atoms with Crippen molar-refractivity contribution in [3.05, 3.63) is 28.8 Å². The van der Waals surface area contributed by atoms with Gasteiger partial charge < -0.3 is 9.64 Å². The van der Waals surface area contributed by atoms with Gasteiger partial charge in [0.25, 0.3) is 0 Å².